The van der Waals surface area contributed by atoms with Gasteiger partial charge in [0, 0.05) is 36.2 Å². The molecule has 0 N–H and O–H groups in total. The maximum absolute atomic E-state index is 6.04. The Morgan fingerprint density at radius 1 is 1.41 bits per heavy atom. The largest absolute Gasteiger partial charge is 0.488 e. The molecule has 4 rings (SSSR count). The molecule has 1 unspecified atom stereocenters. The van der Waals surface area contributed by atoms with Crippen molar-refractivity contribution in [3.8, 4) is 5.75 Å². The number of pyridine rings is 1. The van der Waals surface area contributed by atoms with Gasteiger partial charge in [-0.15, -0.1) is 11.8 Å². The summed E-state index contributed by atoms with van der Waals surface area (Å²) in [5.41, 5.74) is 0. The van der Waals surface area contributed by atoms with Crippen LogP contribution in [0.25, 0.3) is 0 Å². The molecule has 5 heteroatoms. The van der Waals surface area contributed by atoms with Gasteiger partial charge in [0.15, 0.2) is 0 Å². The Bertz CT molecular complexity index is 637. The van der Waals surface area contributed by atoms with Crippen LogP contribution in [0.15, 0.2) is 41.1 Å². The molecule has 0 amide bonds. The summed E-state index contributed by atoms with van der Waals surface area (Å²) in [6.07, 6.45) is 5.00. The van der Waals surface area contributed by atoms with Gasteiger partial charge in [0.2, 0.25) is 0 Å². The molecule has 2 aromatic heterocycles. The first kappa shape index (κ1) is 14.2. The Balaban J connectivity index is 1.29. The minimum Gasteiger partial charge on any atom is -0.488 e. The predicted octanol–water partition coefficient (Wildman–Crippen LogP) is 3.12. The van der Waals surface area contributed by atoms with Crippen LogP contribution in [0.2, 0.25) is 0 Å². The molecule has 2 aliphatic heterocycles. The summed E-state index contributed by atoms with van der Waals surface area (Å²) in [5, 5.41) is 0. The maximum atomic E-state index is 6.04. The van der Waals surface area contributed by atoms with Crippen LogP contribution >= 0.6 is 11.8 Å². The molecule has 22 heavy (non-hydrogen) atoms. The van der Waals surface area contributed by atoms with Gasteiger partial charge in [0.1, 0.15) is 23.4 Å². The van der Waals surface area contributed by atoms with E-state index < -0.39 is 0 Å². The number of likely N-dealkylation sites (tertiary alicyclic amines) is 1. The van der Waals surface area contributed by atoms with E-state index in [1.807, 2.05) is 25.1 Å². The molecule has 0 aromatic carbocycles. The van der Waals surface area contributed by atoms with Gasteiger partial charge in [0.25, 0.3) is 0 Å². The molecule has 1 spiro atoms. The van der Waals surface area contributed by atoms with E-state index in [2.05, 4.69) is 27.7 Å². The molecular weight excluding hydrogens is 296 g/mol. The Morgan fingerprint density at radius 2 is 2.32 bits per heavy atom. The van der Waals surface area contributed by atoms with Gasteiger partial charge < -0.3 is 9.15 Å². The SMILES string of the molecule is Cc1ccc(CN2CC3(CC(Oc4cccnc4)CS3)C2)o1. The van der Waals surface area contributed by atoms with Crippen molar-refractivity contribution in [2.24, 2.45) is 0 Å². The highest BCUT2D eigenvalue weighted by atomic mass is 32.2. The third kappa shape index (κ3) is 2.88. The summed E-state index contributed by atoms with van der Waals surface area (Å²) < 4.78 is 12.1. The second-order valence-electron chi connectivity index (χ2n) is 6.28. The van der Waals surface area contributed by atoms with E-state index in [9.17, 15) is 0 Å². The molecule has 2 aromatic rings. The molecule has 0 saturated carbocycles. The van der Waals surface area contributed by atoms with E-state index in [1.54, 1.807) is 12.4 Å². The van der Waals surface area contributed by atoms with Crippen LogP contribution in [0.4, 0.5) is 0 Å². The molecule has 1 atom stereocenters. The standard InChI is InChI=1S/C17H20N2O2S/c1-13-4-5-15(20-13)9-19-11-17(12-19)7-16(10-22-17)21-14-3-2-6-18-8-14/h2-6,8,16H,7,9-12H2,1H3. The average molecular weight is 316 g/mol. The molecular formula is C17H20N2O2S. The highest BCUT2D eigenvalue weighted by Gasteiger charge is 2.49. The summed E-state index contributed by atoms with van der Waals surface area (Å²) in [6, 6.07) is 8.02. The topological polar surface area (TPSA) is 38.5 Å². The zero-order chi connectivity index (χ0) is 15.0. The molecule has 0 aliphatic carbocycles. The van der Waals surface area contributed by atoms with E-state index in [0.29, 0.717) is 10.9 Å². The fourth-order valence-corrected chi connectivity index (χ4v) is 4.96. The van der Waals surface area contributed by atoms with Gasteiger partial charge in [-0.1, -0.05) is 0 Å². The van der Waals surface area contributed by atoms with Crippen molar-refractivity contribution < 1.29 is 9.15 Å². The van der Waals surface area contributed by atoms with Crippen molar-refractivity contribution >= 4 is 11.8 Å². The van der Waals surface area contributed by atoms with Crippen LogP contribution in [0.1, 0.15) is 17.9 Å². The Hall–Kier alpha value is -1.46. The number of hydrogen-bond donors (Lipinski definition) is 0. The van der Waals surface area contributed by atoms with Crippen molar-refractivity contribution in [1.29, 1.82) is 0 Å². The predicted molar refractivity (Wildman–Crippen MR) is 87.2 cm³/mol. The van der Waals surface area contributed by atoms with Gasteiger partial charge >= 0.3 is 0 Å². The molecule has 2 aliphatic rings. The van der Waals surface area contributed by atoms with Crippen LogP contribution in [0.5, 0.6) is 5.75 Å². The molecule has 2 saturated heterocycles. The lowest BCUT2D eigenvalue weighted by atomic mass is 9.93. The second-order valence-corrected chi connectivity index (χ2v) is 7.77. The highest BCUT2D eigenvalue weighted by molar-refractivity contribution is 8.01. The summed E-state index contributed by atoms with van der Waals surface area (Å²) in [7, 11) is 0. The van der Waals surface area contributed by atoms with Gasteiger partial charge in [-0.3, -0.25) is 9.88 Å². The zero-order valence-electron chi connectivity index (χ0n) is 12.7. The van der Waals surface area contributed by atoms with Gasteiger partial charge in [-0.2, -0.15) is 0 Å². The van der Waals surface area contributed by atoms with E-state index in [4.69, 9.17) is 9.15 Å². The summed E-state index contributed by atoms with van der Waals surface area (Å²) in [6.45, 7) is 5.17. The van der Waals surface area contributed by atoms with E-state index in [-0.39, 0.29) is 0 Å². The number of nitrogens with zero attached hydrogens (tertiary/aromatic N) is 2. The van der Waals surface area contributed by atoms with Crippen LogP contribution < -0.4 is 4.74 Å². The monoisotopic (exact) mass is 316 g/mol. The maximum Gasteiger partial charge on any atom is 0.138 e. The number of furan rings is 1. The van der Waals surface area contributed by atoms with Crippen LogP contribution in [-0.4, -0.2) is 39.6 Å². The van der Waals surface area contributed by atoms with Gasteiger partial charge in [0.05, 0.1) is 12.7 Å². The second kappa shape index (κ2) is 5.63. The number of hydrogen-bond acceptors (Lipinski definition) is 5. The first-order chi connectivity index (χ1) is 10.7. The lowest BCUT2D eigenvalue weighted by molar-refractivity contribution is 0.0853. The Kier molecular flexibility index (Phi) is 3.62. The fraction of sp³-hybridized carbons (Fsp3) is 0.471. The first-order valence-electron chi connectivity index (χ1n) is 7.69. The molecule has 4 heterocycles. The summed E-state index contributed by atoms with van der Waals surface area (Å²) in [5.74, 6) is 4.01. The summed E-state index contributed by atoms with van der Waals surface area (Å²) in [4.78, 5) is 6.56. The van der Waals surface area contributed by atoms with Gasteiger partial charge in [-0.05, 0) is 31.2 Å². The normalized spacial score (nSPS) is 23.6. The molecule has 4 nitrogen and oxygen atoms in total. The first-order valence-corrected chi connectivity index (χ1v) is 8.68. The van der Waals surface area contributed by atoms with Crippen molar-refractivity contribution in [1.82, 2.24) is 9.88 Å². The van der Waals surface area contributed by atoms with Crippen molar-refractivity contribution in [3.63, 3.8) is 0 Å². The highest BCUT2D eigenvalue weighted by Crippen LogP contribution is 2.46. The average Bonchev–Trinajstić information content (AvgIpc) is 3.07. The Labute approximate surface area is 134 Å². The smallest absolute Gasteiger partial charge is 0.138 e. The third-order valence-corrected chi connectivity index (χ3v) is 5.89. The number of aryl methyl sites for hydroxylation is 1. The summed E-state index contributed by atoms with van der Waals surface area (Å²) >= 11 is 2.06. The van der Waals surface area contributed by atoms with E-state index >= 15 is 0 Å². The van der Waals surface area contributed by atoms with E-state index in [0.717, 1.165) is 49.1 Å². The minimum absolute atomic E-state index is 0.308. The third-order valence-electron chi connectivity index (χ3n) is 4.31. The lowest BCUT2D eigenvalue weighted by Gasteiger charge is -2.47. The number of thioether (sulfide) groups is 1. The van der Waals surface area contributed by atoms with Crippen LogP contribution in [-0.2, 0) is 6.54 Å². The zero-order valence-corrected chi connectivity index (χ0v) is 13.5. The minimum atomic E-state index is 0.308. The number of rotatable bonds is 4. The van der Waals surface area contributed by atoms with Crippen molar-refractivity contribution in [2.45, 2.75) is 30.7 Å². The molecule has 0 radical (unpaired) electrons. The molecule has 2 fully saturated rings. The number of aromatic nitrogens is 1. The van der Waals surface area contributed by atoms with Crippen molar-refractivity contribution in [2.75, 3.05) is 18.8 Å². The van der Waals surface area contributed by atoms with Crippen molar-refractivity contribution in [3.05, 3.63) is 48.2 Å². The fourth-order valence-electron chi connectivity index (χ4n) is 3.38. The van der Waals surface area contributed by atoms with Crippen LogP contribution in [0, 0.1) is 6.92 Å². The van der Waals surface area contributed by atoms with Crippen LogP contribution in [0.3, 0.4) is 0 Å². The van der Waals surface area contributed by atoms with Gasteiger partial charge in [-0.25, -0.2) is 0 Å². The molecule has 0 bridgehead atoms. The Morgan fingerprint density at radius 3 is 3.05 bits per heavy atom. The van der Waals surface area contributed by atoms with E-state index in [1.165, 1.54) is 0 Å². The number of ether oxygens (including phenoxy) is 1. The molecule has 116 valence electrons. The quantitative estimate of drug-likeness (QED) is 0.866. The lowest BCUT2D eigenvalue weighted by Crippen LogP contribution is -2.58.